The molecule has 5 N–H and O–H groups in total. The second kappa shape index (κ2) is 4.48. The molecule has 0 aliphatic carbocycles. The predicted molar refractivity (Wildman–Crippen MR) is 69.1 cm³/mol. The first-order valence-electron chi connectivity index (χ1n) is 6.22. The van der Waals surface area contributed by atoms with E-state index in [4.69, 9.17) is 15.6 Å². The molecular weight excluding hydrogens is 285 g/mol. The maximum absolute atomic E-state index is 14.7. The molecule has 21 heavy (non-hydrogen) atoms. The minimum atomic E-state index is -2.19. The van der Waals surface area contributed by atoms with E-state index in [0.29, 0.717) is 0 Å². The molecule has 4 atom stereocenters. The summed E-state index contributed by atoms with van der Waals surface area (Å²) in [4.78, 5) is 21.7. The van der Waals surface area contributed by atoms with E-state index in [1.807, 2.05) is 0 Å². The number of rotatable bonds is 2. The fourth-order valence-corrected chi connectivity index (χ4v) is 2.48. The van der Waals surface area contributed by atoms with Gasteiger partial charge in [-0.3, -0.25) is 14.3 Å². The minimum Gasteiger partial charge on any atom is -0.394 e. The lowest BCUT2D eigenvalue weighted by Crippen LogP contribution is -2.40. The molecule has 1 aliphatic rings. The molecule has 2 aromatic heterocycles. The fourth-order valence-electron chi connectivity index (χ4n) is 2.48. The van der Waals surface area contributed by atoms with Crippen LogP contribution in [-0.4, -0.2) is 54.2 Å². The van der Waals surface area contributed by atoms with Gasteiger partial charge < -0.3 is 20.7 Å². The molecular formula is C11H14FN5O4. The summed E-state index contributed by atoms with van der Waals surface area (Å²) in [5.74, 6) is -0.146. The van der Waals surface area contributed by atoms with Crippen LogP contribution in [0.25, 0.3) is 11.2 Å². The number of nitrogens with one attached hydrogen (secondary N) is 1. The Morgan fingerprint density at radius 3 is 3.00 bits per heavy atom. The summed E-state index contributed by atoms with van der Waals surface area (Å²) in [5.41, 5.74) is 2.73. The van der Waals surface area contributed by atoms with E-state index < -0.39 is 36.3 Å². The number of H-pyrrole nitrogens is 1. The van der Waals surface area contributed by atoms with Gasteiger partial charge in [0, 0.05) is 0 Å². The van der Waals surface area contributed by atoms with Gasteiger partial charge in [0.05, 0.1) is 12.9 Å². The van der Waals surface area contributed by atoms with Gasteiger partial charge in [0.2, 0.25) is 5.95 Å². The van der Waals surface area contributed by atoms with Crippen molar-refractivity contribution >= 4 is 17.1 Å². The second-order valence-corrected chi connectivity index (χ2v) is 5.08. The number of halogens is 1. The van der Waals surface area contributed by atoms with E-state index in [2.05, 4.69) is 15.0 Å². The van der Waals surface area contributed by atoms with Crippen LogP contribution in [0.15, 0.2) is 11.1 Å². The van der Waals surface area contributed by atoms with Gasteiger partial charge in [-0.2, -0.15) is 4.98 Å². The smallest absolute Gasteiger partial charge is 0.280 e. The normalized spacial score (nSPS) is 32.9. The zero-order valence-corrected chi connectivity index (χ0v) is 11.0. The lowest BCUT2D eigenvalue weighted by molar-refractivity contribution is -0.0566. The first kappa shape index (κ1) is 13.9. The molecule has 1 saturated heterocycles. The molecule has 0 saturated carbocycles. The number of aliphatic hydroxyl groups excluding tert-OH is 2. The Kier molecular flexibility index (Phi) is 2.97. The van der Waals surface area contributed by atoms with Crippen molar-refractivity contribution in [1.82, 2.24) is 19.5 Å². The minimum absolute atomic E-state index is 0.0226. The summed E-state index contributed by atoms with van der Waals surface area (Å²) >= 11 is 0. The van der Waals surface area contributed by atoms with E-state index >= 15 is 0 Å². The van der Waals surface area contributed by atoms with Gasteiger partial charge in [0.15, 0.2) is 23.1 Å². The molecule has 0 bridgehead atoms. The van der Waals surface area contributed by atoms with Gasteiger partial charge in [-0.15, -0.1) is 0 Å². The van der Waals surface area contributed by atoms with Gasteiger partial charge in [0.1, 0.15) is 12.2 Å². The number of nitrogens with zero attached hydrogens (tertiary/aromatic N) is 3. The summed E-state index contributed by atoms with van der Waals surface area (Å²) in [5, 5.41) is 19.0. The number of aromatic nitrogens is 4. The Hall–Kier alpha value is -2.04. The molecule has 3 rings (SSSR count). The van der Waals surface area contributed by atoms with Gasteiger partial charge >= 0.3 is 0 Å². The first-order chi connectivity index (χ1) is 9.86. The largest absolute Gasteiger partial charge is 0.394 e. The number of ether oxygens (including phenoxy) is 1. The van der Waals surface area contributed by atoms with Crippen molar-refractivity contribution in [2.24, 2.45) is 0 Å². The summed E-state index contributed by atoms with van der Waals surface area (Å²) in [6.45, 7) is 0.598. The van der Waals surface area contributed by atoms with Crippen molar-refractivity contribution in [3.05, 3.63) is 16.7 Å². The third-order valence-corrected chi connectivity index (χ3v) is 3.60. The van der Waals surface area contributed by atoms with Crippen LogP contribution in [0.4, 0.5) is 10.3 Å². The maximum Gasteiger partial charge on any atom is 0.280 e. The predicted octanol–water partition coefficient (Wildman–Crippen LogP) is -1.32. The van der Waals surface area contributed by atoms with Crippen LogP contribution < -0.4 is 11.3 Å². The van der Waals surface area contributed by atoms with Crippen molar-refractivity contribution < 1.29 is 19.3 Å². The highest BCUT2D eigenvalue weighted by Crippen LogP contribution is 2.41. The number of imidazole rings is 1. The van der Waals surface area contributed by atoms with Crippen LogP contribution in [0.2, 0.25) is 0 Å². The van der Waals surface area contributed by atoms with E-state index in [1.54, 1.807) is 0 Å². The Morgan fingerprint density at radius 2 is 2.38 bits per heavy atom. The quantitative estimate of drug-likeness (QED) is 0.539. The van der Waals surface area contributed by atoms with E-state index in [0.717, 1.165) is 6.92 Å². The molecule has 10 heteroatoms. The molecule has 3 heterocycles. The zero-order chi connectivity index (χ0) is 15.4. The number of hydrogen-bond acceptors (Lipinski definition) is 7. The molecule has 114 valence electrons. The van der Waals surface area contributed by atoms with Crippen molar-refractivity contribution in [2.75, 3.05) is 12.3 Å². The average molecular weight is 299 g/mol. The van der Waals surface area contributed by atoms with Crippen molar-refractivity contribution in [1.29, 1.82) is 0 Å². The monoisotopic (exact) mass is 299 g/mol. The summed E-state index contributed by atoms with van der Waals surface area (Å²) in [6.07, 6.45) is -2.71. The Labute approximate surface area is 117 Å². The number of nitrogens with two attached hydrogens (primary N) is 1. The molecule has 0 spiro atoms. The number of anilines is 1. The van der Waals surface area contributed by atoms with Crippen LogP contribution >= 0.6 is 0 Å². The highest BCUT2D eigenvalue weighted by atomic mass is 19.1. The molecule has 1 fully saturated rings. The molecule has 9 nitrogen and oxygen atoms in total. The lowest BCUT2D eigenvalue weighted by atomic mass is 9.99. The molecule has 0 aromatic carbocycles. The zero-order valence-electron chi connectivity index (χ0n) is 11.0. The molecule has 2 unspecified atom stereocenters. The highest BCUT2D eigenvalue weighted by Gasteiger charge is 2.55. The number of aromatic amines is 1. The SMILES string of the molecule is CC1(F)C(O)[C@@H](CO)O[C@H]1n1cnc2c(=O)[nH]c(N)nc21. The number of aliphatic hydroxyl groups is 2. The maximum atomic E-state index is 14.7. The van der Waals surface area contributed by atoms with Crippen LogP contribution in [0.5, 0.6) is 0 Å². The number of nitrogen functional groups attached to an aromatic ring is 1. The Bertz CT molecular complexity index is 742. The number of alkyl halides is 1. The summed E-state index contributed by atoms with van der Waals surface area (Å²) < 4.78 is 21.2. The third kappa shape index (κ3) is 1.91. The number of hydrogen-bond donors (Lipinski definition) is 4. The molecule has 0 amide bonds. The molecule has 1 aliphatic heterocycles. The van der Waals surface area contributed by atoms with Crippen LogP contribution in [-0.2, 0) is 4.74 Å². The van der Waals surface area contributed by atoms with Gasteiger partial charge in [-0.05, 0) is 6.92 Å². The Balaban J connectivity index is 2.15. The van der Waals surface area contributed by atoms with E-state index in [1.165, 1.54) is 10.9 Å². The van der Waals surface area contributed by atoms with E-state index in [-0.39, 0.29) is 17.1 Å². The average Bonchev–Trinajstić information content (AvgIpc) is 2.91. The first-order valence-corrected chi connectivity index (χ1v) is 6.22. The third-order valence-electron chi connectivity index (χ3n) is 3.60. The number of fused-ring (bicyclic) bond motifs is 1. The molecule has 2 aromatic rings. The summed E-state index contributed by atoms with van der Waals surface area (Å²) in [6, 6.07) is 0. The highest BCUT2D eigenvalue weighted by molar-refractivity contribution is 5.70. The van der Waals surface area contributed by atoms with Crippen molar-refractivity contribution in [2.45, 2.75) is 31.0 Å². The lowest BCUT2D eigenvalue weighted by Gasteiger charge is -2.24. The van der Waals surface area contributed by atoms with E-state index in [9.17, 15) is 14.3 Å². The topological polar surface area (TPSA) is 139 Å². The van der Waals surface area contributed by atoms with Crippen LogP contribution in [0.1, 0.15) is 13.2 Å². The summed E-state index contributed by atoms with van der Waals surface area (Å²) in [7, 11) is 0. The molecule has 0 radical (unpaired) electrons. The fraction of sp³-hybridized carbons (Fsp3) is 0.545. The standard InChI is InChI=1S/C11H14FN5O4/c1-11(12)6(19)4(2-18)21-9(11)17-3-14-5-7(17)15-10(13)16-8(5)20/h3-4,6,9,18-19H,2H2,1H3,(H3,13,15,16,20)/t4-,6?,9-,11?/m1/s1. The van der Waals surface area contributed by atoms with Gasteiger partial charge in [0.25, 0.3) is 5.56 Å². The Morgan fingerprint density at radius 1 is 1.67 bits per heavy atom. The van der Waals surface area contributed by atoms with Gasteiger partial charge in [-0.1, -0.05) is 0 Å². The van der Waals surface area contributed by atoms with Crippen molar-refractivity contribution in [3.8, 4) is 0 Å². The van der Waals surface area contributed by atoms with Crippen LogP contribution in [0, 0.1) is 0 Å². The van der Waals surface area contributed by atoms with Crippen molar-refractivity contribution in [3.63, 3.8) is 0 Å². The van der Waals surface area contributed by atoms with Crippen LogP contribution in [0.3, 0.4) is 0 Å². The van der Waals surface area contributed by atoms with Gasteiger partial charge in [-0.25, -0.2) is 9.37 Å². The second-order valence-electron chi connectivity index (χ2n) is 5.08.